The fourth-order valence-electron chi connectivity index (χ4n) is 2.09. The maximum Gasteiger partial charge on any atom is 0.350 e. The second-order valence-electron chi connectivity index (χ2n) is 4.14. The lowest BCUT2D eigenvalue weighted by molar-refractivity contribution is 0.0531. The van der Waals surface area contributed by atoms with Crippen molar-refractivity contribution in [2.24, 2.45) is 0 Å². The molecule has 0 aliphatic heterocycles. The first-order valence-corrected chi connectivity index (χ1v) is 6.71. The average molecular weight is 276 g/mol. The van der Waals surface area contributed by atoms with Gasteiger partial charge in [-0.15, -0.1) is 0 Å². The van der Waals surface area contributed by atoms with Crippen LogP contribution < -0.4 is 0 Å². The first-order chi connectivity index (χ1) is 9.11. The number of ether oxygens (including phenoxy) is 1. The second-order valence-corrected chi connectivity index (χ2v) is 5.12. The van der Waals surface area contributed by atoms with Crippen LogP contribution in [0.3, 0.4) is 0 Å². The SMILES string of the molecule is CCOC(=O)c1sc2nc3ccc(O)cc3n2c1C. The minimum atomic E-state index is -0.330. The molecule has 1 N–H and O–H groups in total. The standard InChI is InChI=1S/C13H12N2O3S/c1-3-18-12(17)11-7(2)15-10-6-8(16)4-5-9(10)14-13(15)19-11/h4-6,16H,3H2,1-2H3. The molecule has 6 heteroatoms. The van der Waals surface area contributed by atoms with E-state index in [-0.39, 0.29) is 11.7 Å². The monoisotopic (exact) mass is 276 g/mol. The molecular formula is C13H12N2O3S. The first-order valence-electron chi connectivity index (χ1n) is 5.89. The molecule has 0 spiro atoms. The van der Waals surface area contributed by atoms with Crippen LogP contribution in [0.5, 0.6) is 5.75 Å². The van der Waals surface area contributed by atoms with E-state index in [9.17, 15) is 9.90 Å². The van der Waals surface area contributed by atoms with Gasteiger partial charge in [-0.2, -0.15) is 0 Å². The van der Waals surface area contributed by atoms with Gasteiger partial charge in [0, 0.05) is 11.8 Å². The number of phenols is 1. The van der Waals surface area contributed by atoms with Crippen molar-refractivity contribution in [3.8, 4) is 5.75 Å². The summed E-state index contributed by atoms with van der Waals surface area (Å²) in [7, 11) is 0. The minimum absolute atomic E-state index is 0.178. The molecule has 2 heterocycles. The van der Waals surface area contributed by atoms with E-state index < -0.39 is 0 Å². The number of aromatic nitrogens is 2. The summed E-state index contributed by atoms with van der Waals surface area (Å²) >= 11 is 1.30. The van der Waals surface area contributed by atoms with E-state index in [1.807, 2.05) is 11.3 Å². The van der Waals surface area contributed by atoms with Gasteiger partial charge < -0.3 is 9.84 Å². The molecule has 0 unspecified atom stereocenters. The predicted octanol–water partition coefficient (Wildman–Crippen LogP) is 2.74. The van der Waals surface area contributed by atoms with Crippen molar-refractivity contribution in [2.45, 2.75) is 13.8 Å². The predicted molar refractivity (Wildman–Crippen MR) is 72.9 cm³/mol. The number of carbonyl (C=O) groups excluding carboxylic acids is 1. The zero-order chi connectivity index (χ0) is 13.6. The second kappa shape index (κ2) is 4.24. The van der Waals surface area contributed by atoms with Crippen molar-refractivity contribution in [2.75, 3.05) is 6.61 Å². The number of aryl methyl sites for hydroxylation is 1. The Morgan fingerprint density at radius 2 is 2.32 bits per heavy atom. The highest BCUT2D eigenvalue weighted by Gasteiger charge is 2.19. The fourth-order valence-corrected chi connectivity index (χ4v) is 3.12. The van der Waals surface area contributed by atoms with Gasteiger partial charge in [-0.3, -0.25) is 4.40 Å². The van der Waals surface area contributed by atoms with Crippen molar-refractivity contribution in [3.05, 3.63) is 28.8 Å². The summed E-state index contributed by atoms with van der Waals surface area (Å²) in [5.41, 5.74) is 2.37. The van der Waals surface area contributed by atoms with Gasteiger partial charge in [0.1, 0.15) is 10.6 Å². The van der Waals surface area contributed by atoms with Crippen LogP contribution in [0.4, 0.5) is 0 Å². The van der Waals surface area contributed by atoms with Gasteiger partial charge in [0.15, 0.2) is 4.96 Å². The number of esters is 1. The highest BCUT2D eigenvalue weighted by Crippen LogP contribution is 2.29. The van der Waals surface area contributed by atoms with E-state index >= 15 is 0 Å². The van der Waals surface area contributed by atoms with E-state index in [0.29, 0.717) is 11.5 Å². The molecule has 0 aliphatic rings. The summed E-state index contributed by atoms with van der Waals surface area (Å²) in [5.74, 6) is -0.151. The van der Waals surface area contributed by atoms with Crippen LogP contribution in [0, 0.1) is 6.92 Å². The Labute approximate surface area is 113 Å². The van der Waals surface area contributed by atoms with Gasteiger partial charge >= 0.3 is 5.97 Å². The zero-order valence-electron chi connectivity index (χ0n) is 10.5. The van der Waals surface area contributed by atoms with Gasteiger partial charge in [-0.25, -0.2) is 9.78 Å². The van der Waals surface area contributed by atoms with Crippen LogP contribution in [0.15, 0.2) is 18.2 Å². The number of hydrogen-bond acceptors (Lipinski definition) is 5. The largest absolute Gasteiger partial charge is 0.508 e. The van der Waals surface area contributed by atoms with Crippen LogP contribution in [0.2, 0.25) is 0 Å². The molecule has 3 rings (SSSR count). The topological polar surface area (TPSA) is 63.8 Å². The van der Waals surface area contributed by atoms with Crippen molar-refractivity contribution >= 4 is 33.3 Å². The summed E-state index contributed by atoms with van der Waals surface area (Å²) in [5, 5.41) is 9.57. The number of nitrogens with zero attached hydrogens (tertiary/aromatic N) is 2. The third-order valence-corrected chi connectivity index (χ3v) is 4.05. The molecule has 0 bridgehead atoms. The molecule has 98 valence electrons. The van der Waals surface area contributed by atoms with Crippen LogP contribution >= 0.6 is 11.3 Å². The lowest BCUT2D eigenvalue weighted by Crippen LogP contribution is -2.04. The zero-order valence-corrected chi connectivity index (χ0v) is 11.3. The smallest absolute Gasteiger partial charge is 0.350 e. The number of aromatic hydroxyl groups is 1. The van der Waals surface area contributed by atoms with Gasteiger partial charge in [0.2, 0.25) is 0 Å². The molecule has 2 aromatic heterocycles. The van der Waals surface area contributed by atoms with Crippen LogP contribution in [-0.4, -0.2) is 27.1 Å². The van der Waals surface area contributed by atoms with Gasteiger partial charge in [0.05, 0.1) is 17.6 Å². The molecule has 19 heavy (non-hydrogen) atoms. The Bertz CT molecular complexity index is 788. The molecular weight excluding hydrogens is 264 g/mol. The maximum atomic E-state index is 11.8. The normalized spacial score (nSPS) is 11.3. The molecule has 5 nitrogen and oxygen atoms in total. The van der Waals surface area contributed by atoms with Gasteiger partial charge in [-0.1, -0.05) is 11.3 Å². The molecule has 0 saturated carbocycles. The van der Waals surface area contributed by atoms with Crippen LogP contribution in [0.25, 0.3) is 16.0 Å². The number of carbonyl (C=O) groups is 1. The quantitative estimate of drug-likeness (QED) is 0.731. The van der Waals surface area contributed by atoms with Crippen molar-refractivity contribution < 1.29 is 14.6 Å². The molecule has 1 aromatic carbocycles. The number of rotatable bonds is 2. The number of imidazole rings is 1. The first kappa shape index (κ1) is 12.0. The van der Waals surface area contributed by atoms with E-state index in [4.69, 9.17) is 4.74 Å². The molecule has 0 atom stereocenters. The summed E-state index contributed by atoms with van der Waals surface area (Å²) in [6.07, 6.45) is 0. The third-order valence-electron chi connectivity index (χ3n) is 2.93. The average Bonchev–Trinajstić information content (AvgIpc) is 2.87. The number of phenolic OH excluding ortho intramolecular Hbond substituents is 1. The Morgan fingerprint density at radius 3 is 3.05 bits per heavy atom. The highest BCUT2D eigenvalue weighted by molar-refractivity contribution is 7.19. The molecule has 0 aliphatic carbocycles. The van der Waals surface area contributed by atoms with Crippen LogP contribution in [0.1, 0.15) is 22.3 Å². The Morgan fingerprint density at radius 1 is 1.53 bits per heavy atom. The van der Waals surface area contributed by atoms with Crippen molar-refractivity contribution in [1.29, 1.82) is 0 Å². The van der Waals surface area contributed by atoms with E-state index in [1.54, 1.807) is 25.1 Å². The van der Waals surface area contributed by atoms with E-state index in [2.05, 4.69) is 4.98 Å². The van der Waals surface area contributed by atoms with Crippen molar-refractivity contribution in [1.82, 2.24) is 9.38 Å². The maximum absolute atomic E-state index is 11.8. The van der Waals surface area contributed by atoms with Gasteiger partial charge in [-0.05, 0) is 26.0 Å². The summed E-state index contributed by atoms with van der Waals surface area (Å²) in [6.45, 7) is 3.97. The Balaban J connectivity index is 2.27. The molecule has 0 fully saturated rings. The Kier molecular flexibility index (Phi) is 2.67. The summed E-state index contributed by atoms with van der Waals surface area (Å²) < 4.78 is 6.89. The minimum Gasteiger partial charge on any atom is -0.508 e. The summed E-state index contributed by atoms with van der Waals surface area (Å²) in [4.78, 5) is 17.6. The molecule has 0 saturated heterocycles. The van der Waals surface area contributed by atoms with E-state index in [1.165, 1.54) is 11.3 Å². The lowest BCUT2D eigenvalue weighted by Gasteiger charge is -2.00. The lowest BCUT2D eigenvalue weighted by atomic mass is 10.3. The van der Waals surface area contributed by atoms with Gasteiger partial charge in [0.25, 0.3) is 0 Å². The number of fused-ring (bicyclic) bond motifs is 3. The highest BCUT2D eigenvalue weighted by atomic mass is 32.1. The van der Waals surface area contributed by atoms with Crippen LogP contribution in [-0.2, 0) is 4.74 Å². The number of thiazole rings is 1. The molecule has 0 amide bonds. The summed E-state index contributed by atoms with van der Waals surface area (Å²) in [6, 6.07) is 5.00. The Hall–Kier alpha value is -2.08. The van der Waals surface area contributed by atoms with E-state index in [0.717, 1.165) is 21.7 Å². The fraction of sp³-hybridized carbons (Fsp3) is 0.231. The third kappa shape index (κ3) is 1.76. The number of benzene rings is 1. The van der Waals surface area contributed by atoms with Crippen molar-refractivity contribution in [3.63, 3.8) is 0 Å². The molecule has 0 radical (unpaired) electrons. The number of hydrogen-bond donors (Lipinski definition) is 1. The molecule has 3 aromatic rings.